The lowest BCUT2D eigenvalue weighted by atomic mass is 10.00. The van der Waals surface area contributed by atoms with Gasteiger partial charge in [-0.3, -0.25) is 4.72 Å². The SMILES string of the molecule is Cc1cccc(C)c1-c1cc(OC[C@H](N)CC(C)C)nc(NSc2cccc(C(=O)O)c2)n1. The van der Waals surface area contributed by atoms with Gasteiger partial charge in [-0.05, 0) is 67.5 Å². The van der Waals surface area contributed by atoms with Gasteiger partial charge in [-0.2, -0.15) is 4.98 Å². The van der Waals surface area contributed by atoms with Crippen LogP contribution >= 0.6 is 11.9 Å². The standard InChI is InChI=1S/C25H30N4O3S/c1-15(2)11-19(26)14-32-22-13-21(23-16(3)7-5-8-17(23)4)27-25(28-22)29-33-20-10-6-9-18(12-20)24(30)31/h5-10,12-13,15,19H,11,14,26H2,1-4H3,(H,30,31)(H,27,28,29)/t19-/m1/s1. The molecule has 1 heterocycles. The van der Waals surface area contributed by atoms with Gasteiger partial charge in [0.1, 0.15) is 6.61 Å². The predicted molar refractivity (Wildman–Crippen MR) is 133 cm³/mol. The fourth-order valence-electron chi connectivity index (χ4n) is 3.55. The minimum absolute atomic E-state index is 0.0897. The Kier molecular flexibility index (Phi) is 8.30. The van der Waals surface area contributed by atoms with Gasteiger partial charge in [0, 0.05) is 22.6 Å². The summed E-state index contributed by atoms with van der Waals surface area (Å²) in [6.07, 6.45) is 0.857. The molecule has 33 heavy (non-hydrogen) atoms. The highest BCUT2D eigenvalue weighted by Gasteiger charge is 2.14. The summed E-state index contributed by atoms with van der Waals surface area (Å²) in [7, 11) is 0. The van der Waals surface area contributed by atoms with Crippen molar-refractivity contribution in [3.8, 4) is 17.1 Å². The number of nitrogens with two attached hydrogens (primary N) is 1. The smallest absolute Gasteiger partial charge is 0.335 e. The lowest BCUT2D eigenvalue weighted by Gasteiger charge is -2.16. The van der Waals surface area contributed by atoms with Crippen molar-refractivity contribution in [2.45, 2.75) is 45.1 Å². The van der Waals surface area contributed by atoms with Crippen LogP contribution in [-0.2, 0) is 0 Å². The number of aromatic carboxylic acids is 1. The minimum atomic E-state index is -0.973. The quantitative estimate of drug-likeness (QED) is 0.344. The molecular weight excluding hydrogens is 436 g/mol. The van der Waals surface area contributed by atoms with Crippen LogP contribution in [0.1, 0.15) is 41.8 Å². The summed E-state index contributed by atoms with van der Waals surface area (Å²) < 4.78 is 9.08. The van der Waals surface area contributed by atoms with E-state index in [4.69, 9.17) is 15.5 Å². The maximum absolute atomic E-state index is 11.2. The van der Waals surface area contributed by atoms with Crippen LogP contribution in [0.4, 0.5) is 5.95 Å². The van der Waals surface area contributed by atoms with Crippen molar-refractivity contribution in [3.05, 3.63) is 65.2 Å². The van der Waals surface area contributed by atoms with Gasteiger partial charge in [-0.25, -0.2) is 9.78 Å². The topological polar surface area (TPSA) is 110 Å². The Morgan fingerprint density at radius 1 is 1.12 bits per heavy atom. The molecule has 0 fully saturated rings. The molecule has 0 aliphatic rings. The third kappa shape index (κ3) is 6.94. The summed E-state index contributed by atoms with van der Waals surface area (Å²) in [5.74, 6) is 0.311. The zero-order valence-corrected chi connectivity index (χ0v) is 20.1. The Morgan fingerprint density at radius 2 is 1.82 bits per heavy atom. The molecule has 0 saturated heterocycles. The van der Waals surface area contributed by atoms with Crippen molar-refractivity contribution in [1.82, 2.24) is 9.97 Å². The van der Waals surface area contributed by atoms with E-state index in [1.165, 1.54) is 11.9 Å². The highest BCUT2D eigenvalue weighted by Crippen LogP contribution is 2.30. The van der Waals surface area contributed by atoms with E-state index in [-0.39, 0.29) is 11.6 Å². The first-order chi connectivity index (χ1) is 15.7. The zero-order chi connectivity index (χ0) is 24.0. The van der Waals surface area contributed by atoms with Gasteiger partial charge in [0.2, 0.25) is 11.8 Å². The number of nitrogens with zero attached hydrogens (tertiary/aromatic N) is 2. The molecule has 1 aromatic heterocycles. The van der Waals surface area contributed by atoms with Gasteiger partial charge in [-0.1, -0.05) is 38.1 Å². The highest BCUT2D eigenvalue weighted by molar-refractivity contribution is 8.00. The average Bonchev–Trinajstić information content (AvgIpc) is 2.76. The fraction of sp³-hybridized carbons (Fsp3) is 0.320. The molecule has 2 aromatic carbocycles. The third-order valence-corrected chi connectivity index (χ3v) is 5.77. The van der Waals surface area contributed by atoms with Gasteiger partial charge >= 0.3 is 5.97 Å². The van der Waals surface area contributed by atoms with Gasteiger partial charge < -0.3 is 15.6 Å². The maximum Gasteiger partial charge on any atom is 0.335 e. The molecule has 3 rings (SSSR count). The number of aryl methyl sites for hydroxylation is 2. The van der Waals surface area contributed by atoms with Crippen molar-refractivity contribution in [2.24, 2.45) is 11.7 Å². The Labute approximate surface area is 198 Å². The number of hydrogen-bond acceptors (Lipinski definition) is 7. The molecule has 8 heteroatoms. The van der Waals surface area contributed by atoms with Crippen molar-refractivity contribution in [3.63, 3.8) is 0 Å². The van der Waals surface area contributed by atoms with Crippen LogP contribution in [0.5, 0.6) is 5.88 Å². The average molecular weight is 467 g/mol. The Balaban J connectivity index is 1.88. The molecule has 0 unspecified atom stereocenters. The van der Waals surface area contributed by atoms with E-state index in [0.29, 0.717) is 24.4 Å². The third-order valence-electron chi connectivity index (χ3n) is 5.00. The van der Waals surface area contributed by atoms with E-state index in [9.17, 15) is 9.90 Å². The van der Waals surface area contributed by atoms with Crippen LogP contribution in [0.3, 0.4) is 0 Å². The molecule has 0 aliphatic heterocycles. The molecular formula is C25H30N4O3S. The van der Waals surface area contributed by atoms with Crippen LogP contribution in [0.2, 0.25) is 0 Å². The summed E-state index contributed by atoms with van der Waals surface area (Å²) in [5, 5.41) is 9.22. The summed E-state index contributed by atoms with van der Waals surface area (Å²) in [5.41, 5.74) is 10.4. The van der Waals surface area contributed by atoms with Crippen LogP contribution in [0, 0.1) is 19.8 Å². The van der Waals surface area contributed by atoms with E-state index >= 15 is 0 Å². The molecule has 174 valence electrons. The molecule has 3 aromatic rings. The highest BCUT2D eigenvalue weighted by atomic mass is 32.2. The summed E-state index contributed by atoms with van der Waals surface area (Å²) in [6.45, 7) is 8.70. The lowest BCUT2D eigenvalue weighted by molar-refractivity contribution is 0.0696. The molecule has 0 radical (unpaired) electrons. The van der Waals surface area contributed by atoms with Crippen molar-refractivity contribution < 1.29 is 14.6 Å². The number of ether oxygens (including phenoxy) is 1. The van der Waals surface area contributed by atoms with E-state index in [1.54, 1.807) is 18.2 Å². The first kappa shape index (κ1) is 24.5. The molecule has 7 nitrogen and oxygen atoms in total. The molecule has 4 N–H and O–H groups in total. The number of carboxylic acid groups (broad SMARTS) is 1. The second-order valence-electron chi connectivity index (χ2n) is 8.42. The van der Waals surface area contributed by atoms with Gasteiger partial charge in [0.25, 0.3) is 0 Å². The van der Waals surface area contributed by atoms with Crippen LogP contribution in [-0.4, -0.2) is 33.7 Å². The molecule has 0 saturated carbocycles. The number of benzene rings is 2. The summed E-state index contributed by atoms with van der Waals surface area (Å²) in [6, 6.07) is 14.5. The number of carboxylic acids is 1. The lowest BCUT2D eigenvalue weighted by Crippen LogP contribution is -2.29. The van der Waals surface area contributed by atoms with Crippen molar-refractivity contribution in [2.75, 3.05) is 11.3 Å². The van der Waals surface area contributed by atoms with Crippen molar-refractivity contribution >= 4 is 23.9 Å². The maximum atomic E-state index is 11.2. The number of rotatable bonds is 10. The second-order valence-corrected chi connectivity index (χ2v) is 9.30. The number of aromatic nitrogens is 2. The first-order valence-corrected chi connectivity index (χ1v) is 11.6. The Bertz CT molecular complexity index is 1100. The largest absolute Gasteiger partial charge is 0.478 e. The van der Waals surface area contributed by atoms with E-state index < -0.39 is 5.97 Å². The molecule has 0 amide bonds. The minimum Gasteiger partial charge on any atom is -0.478 e. The van der Waals surface area contributed by atoms with Crippen molar-refractivity contribution in [1.29, 1.82) is 0 Å². The first-order valence-electron chi connectivity index (χ1n) is 10.8. The van der Waals surface area contributed by atoms with E-state index in [1.807, 2.05) is 44.2 Å². The molecule has 0 spiro atoms. The molecule has 1 atom stereocenters. The Morgan fingerprint density at radius 3 is 2.48 bits per heavy atom. The van der Waals surface area contributed by atoms with Gasteiger partial charge in [-0.15, -0.1) is 0 Å². The van der Waals surface area contributed by atoms with Gasteiger partial charge in [0.15, 0.2) is 0 Å². The molecule has 0 aliphatic carbocycles. The van der Waals surface area contributed by atoms with E-state index in [2.05, 4.69) is 23.6 Å². The second kappa shape index (κ2) is 11.2. The number of hydrogen-bond donors (Lipinski definition) is 3. The summed E-state index contributed by atoms with van der Waals surface area (Å²) >= 11 is 1.24. The van der Waals surface area contributed by atoms with Crippen LogP contribution in [0.15, 0.2) is 53.4 Å². The Hall–Kier alpha value is -3.10. The normalized spacial score (nSPS) is 11.9. The van der Waals surface area contributed by atoms with E-state index in [0.717, 1.165) is 33.7 Å². The monoisotopic (exact) mass is 466 g/mol. The van der Waals surface area contributed by atoms with Crippen LogP contribution in [0.25, 0.3) is 11.3 Å². The molecule has 0 bridgehead atoms. The number of anilines is 1. The fourth-order valence-corrected chi connectivity index (χ4v) is 4.19. The van der Waals surface area contributed by atoms with Gasteiger partial charge in [0.05, 0.1) is 11.3 Å². The number of carbonyl (C=O) groups is 1. The zero-order valence-electron chi connectivity index (χ0n) is 19.3. The predicted octanol–water partition coefficient (Wildman–Crippen LogP) is 5.33. The van der Waals surface area contributed by atoms with Crippen LogP contribution < -0.4 is 15.2 Å². The summed E-state index contributed by atoms with van der Waals surface area (Å²) in [4.78, 5) is 21.2. The number of nitrogens with one attached hydrogen (secondary N) is 1.